The molecule has 3 heterocycles. The summed E-state index contributed by atoms with van der Waals surface area (Å²) in [7, 11) is 0. The number of carboxylic acids is 3. The molecule has 2 fully saturated rings. The maximum Gasteiger partial charge on any atom is 0.490 e. The number of ether oxygens (including phenoxy) is 2. The number of fused-ring (bicyclic) bond motifs is 1. The molecule has 2 aromatic heterocycles. The molecule has 0 spiro atoms. The van der Waals surface area contributed by atoms with E-state index in [1.807, 2.05) is 36.8 Å². The van der Waals surface area contributed by atoms with Crippen LogP contribution in [0.3, 0.4) is 0 Å². The van der Waals surface area contributed by atoms with Crippen LogP contribution in [0.5, 0.6) is 0 Å². The van der Waals surface area contributed by atoms with Gasteiger partial charge < -0.3 is 24.8 Å². The van der Waals surface area contributed by atoms with Crippen LogP contribution in [0.25, 0.3) is 0 Å². The molecule has 20 heteroatoms. The number of hydrogen-bond donors (Lipinski definition) is 3. The van der Waals surface area contributed by atoms with Gasteiger partial charge in [0.15, 0.2) is 0 Å². The fourth-order valence-electron chi connectivity index (χ4n) is 3.77. The Balaban J connectivity index is 0.000000396. The minimum Gasteiger partial charge on any atom is -0.475 e. The van der Waals surface area contributed by atoms with Gasteiger partial charge in [-0.05, 0) is 42.7 Å². The van der Waals surface area contributed by atoms with E-state index in [0.717, 1.165) is 38.2 Å². The summed E-state index contributed by atoms with van der Waals surface area (Å²) in [6.07, 6.45) is -7.20. The number of carboxylic acid groups (broad SMARTS) is 3. The predicted octanol–water partition coefficient (Wildman–Crippen LogP) is 4.33. The number of aliphatic carboxylic acids is 3. The van der Waals surface area contributed by atoms with Crippen LogP contribution in [0, 0.1) is 0 Å². The Hall–Kier alpha value is -4.04. The van der Waals surface area contributed by atoms with E-state index in [1.54, 1.807) is 0 Å². The lowest BCUT2D eigenvalue weighted by Gasteiger charge is -2.39. The molecular formula is C25H26F9N3O8. The van der Waals surface area contributed by atoms with Crippen molar-refractivity contribution in [3.8, 4) is 0 Å². The van der Waals surface area contributed by atoms with Crippen LogP contribution in [0.1, 0.15) is 24.1 Å². The zero-order valence-corrected chi connectivity index (χ0v) is 22.7. The Labute approximate surface area is 248 Å². The summed E-state index contributed by atoms with van der Waals surface area (Å²) in [5.41, 5.74) is 2.29. The number of carbonyl (C=O) groups is 3. The van der Waals surface area contributed by atoms with Gasteiger partial charge in [-0.25, -0.2) is 14.4 Å². The van der Waals surface area contributed by atoms with Gasteiger partial charge in [0.2, 0.25) is 0 Å². The number of hydrogen-bond acceptors (Lipinski definition) is 8. The highest BCUT2D eigenvalue weighted by Gasteiger charge is 2.43. The molecule has 3 atom stereocenters. The van der Waals surface area contributed by atoms with Crippen molar-refractivity contribution in [1.29, 1.82) is 0 Å². The molecule has 0 amide bonds. The zero-order valence-electron chi connectivity index (χ0n) is 22.7. The van der Waals surface area contributed by atoms with Gasteiger partial charge in [0, 0.05) is 37.7 Å². The van der Waals surface area contributed by atoms with E-state index in [9.17, 15) is 39.5 Å². The number of rotatable bonds is 5. The fourth-order valence-corrected chi connectivity index (χ4v) is 3.77. The maximum absolute atomic E-state index is 10.6. The van der Waals surface area contributed by atoms with Crippen molar-refractivity contribution in [3.05, 3.63) is 60.2 Å². The van der Waals surface area contributed by atoms with Gasteiger partial charge in [0.1, 0.15) is 0 Å². The average Bonchev–Trinajstić information content (AvgIpc) is 3.37. The maximum atomic E-state index is 10.6. The van der Waals surface area contributed by atoms with Gasteiger partial charge in [-0.1, -0.05) is 6.07 Å². The smallest absolute Gasteiger partial charge is 0.475 e. The summed E-state index contributed by atoms with van der Waals surface area (Å²) in [6.45, 7) is 3.27. The first kappa shape index (κ1) is 39.0. The standard InChI is InChI=1S/C19H23N3O2.3C2HF3O2/c1-2-8-21-16(3-1)14-24-18-5-4-17-19(18)23-12-11-22(17)13-15-6-9-20-10-7-15;3*3-2(4,5)1(6)7/h1-3,6-10,17-19H,4-5,11-14H2;3*(H,6,7)/t17-,18+,19+;;;/m0.../s1. The first-order chi connectivity index (χ1) is 20.7. The Kier molecular flexibility index (Phi) is 15.1. The largest absolute Gasteiger partial charge is 0.490 e. The summed E-state index contributed by atoms with van der Waals surface area (Å²) in [4.78, 5) is 37.7. The molecule has 0 unspecified atom stereocenters. The fraction of sp³-hybridized carbons (Fsp3) is 0.480. The van der Waals surface area contributed by atoms with E-state index in [0.29, 0.717) is 12.6 Å². The van der Waals surface area contributed by atoms with Crippen LogP contribution in [-0.2, 0) is 37.0 Å². The van der Waals surface area contributed by atoms with Crippen molar-refractivity contribution in [2.24, 2.45) is 0 Å². The number of alkyl halides is 9. The molecule has 45 heavy (non-hydrogen) atoms. The highest BCUT2D eigenvalue weighted by molar-refractivity contribution is 5.73. The number of morpholine rings is 1. The van der Waals surface area contributed by atoms with Gasteiger partial charge >= 0.3 is 36.4 Å². The van der Waals surface area contributed by atoms with E-state index >= 15 is 0 Å². The van der Waals surface area contributed by atoms with Crippen molar-refractivity contribution in [2.45, 2.75) is 62.8 Å². The van der Waals surface area contributed by atoms with Crippen LogP contribution in [0.2, 0.25) is 0 Å². The van der Waals surface area contributed by atoms with E-state index in [2.05, 4.69) is 27.0 Å². The summed E-state index contributed by atoms with van der Waals surface area (Å²) >= 11 is 0. The molecule has 4 rings (SSSR count). The van der Waals surface area contributed by atoms with E-state index in [1.165, 1.54) is 5.56 Å². The highest BCUT2D eigenvalue weighted by atomic mass is 19.4. The van der Waals surface area contributed by atoms with Crippen LogP contribution in [0.4, 0.5) is 39.5 Å². The van der Waals surface area contributed by atoms with Gasteiger partial charge in [-0.3, -0.25) is 14.9 Å². The van der Waals surface area contributed by atoms with Crippen LogP contribution in [0.15, 0.2) is 48.9 Å². The Morgan fingerprint density at radius 3 is 1.78 bits per heavy atom. The monoisotopic (exact) mass is 667 g/mol. The molecule has 252 valence electrons. The SMILES string of the molecule is O=C(O)C(F)(F)F.O=C(O)C(F)(F)F.O=C(O)C(F)(F)F.c1ccc(CO[C@@H]2CC[C@H]3[C@H]2OCCN3Cc2ccncc2)nc1. The average molecular weight is 667 g/mol. The quantitative estimate of drug-likeness (QED) is 0.390. The van der Waals surface area contributed by atoms with Crippen LogP contribution >= 0.6 is 0 Å². The Morgan fingerprint density at radius 2 is 1.33 bits per heavy atom. The third kappa shape index (κ3) is 15.0. The summed E-state index contributed by atoms with van der Waals surface area (Å²) in [5, 5.41) is 21.4. The van der Waals surface area contributed by atoms with Gasteiger partial charge in [-0.2, -0.15) is 39.5 Å². The second kappa shape index (κ2) is 17.4. The zero-order chi connectivity index (χ0) is 34.4. The molecule has 0 aromatic carbocycles. The first-order valence-electron chi connectivity index (χ1n) is 12.4. The van der Waals surface area contributed by atoms with Crippen molar-refractivity contribution in [3.63, 3.8) is 0 Å². The lowest BCUT2D eigenvalue weighted by atomic mass is 10.1. The molecule has 1 saturated carbocycles. The molecule has 2 aliphatic rings. The van der Waals surface area contributed by atoms with Gasteiger partial charge in [0.25, 0.3) is 0 Å². The number of aromatic nitrogens is 2. The molecule has 2 aromatic rings. The number of nitrogens with zero attached hydrogens (tertiary/aromatic N) is 3. The summed E-state index contributed by atoms with van der Waals surface area (Å²) < 4.78 is 107. The minimum atomic E-state index is -5.08. The number of pyridine rings is 2. The Bertz CT molecular complexity index is 1140. The third-order valence-corrected chi connectivity index (χ3v) is 5.68. The second-order valence-corrected chi connectivity index (χ2v) is 8.89. The van der Waals surface area contributed by atoms with E-state index < -0.39 is 36.4 Å². The molecule has 1 saturated heterocycles. The van der Waals surface area contributed by atoms with Gasteiger partial charge in [0.05, 0.1) is 31.1 Å². The topological polar surface area (TPSA) is 159 Å². The Morgan fingerprint density at radius 1 is 0.822 bits per heavy atom. The molecular weight excluding hydrogens is 641 g/mol. The van der Waals surface area contributed by atoms with Crippen molar-refractivity contribution in [2.75, 3.05) is 13.2 Å². The molecule has 0 radical (unpaired) electrons. The van der Waals surface area contributed by atoms with Crippen molar-refractivity contribution >= 4 is 17.9 Å². The molecule has 1 aliphatic heterocycles. The van der Waals surface area contributed by atoms with Crippen molar-refractivity contribution < 1.29 is 78.7 Å². The first-order valence-corrected chi connectivity index (χ1v) is 12.4. The normalized spacial score (nSPS) is 19.7. The molecule has 3 N–H and O–H groups in total. The van der Waals surface area contributed by atoms with Crippen LogP contribution < -0.4 is 0 Å². The predicted molar refractivity (Wildman–Crippen MR) is 131 cm³/mol. The van der Waals surface area contributed by atoms with E-state index in [4.69, 9.17) is 39.2 Å². The van der Waals surface area contributed by atoms with Crippen molar-refractivity contribution in [1.82, 2.24) is 14.9 Å². The van der Waals surface area contributed by atoms with Gasteiger partial charge in [-0.15, -0.1) is 0 Å². The number of halogens is 9. The summed E-state index contributed by atoms with van der Waals surface area (Å²) in [6, 6.07) is 10.6. The minimum absolute atomic E-state index is 0.164. The second-order valence-electron chi connectivity index (χ2n) is 8.89. The molecule has 0 bridgehead atoms. The summed E-state index contributed by atoms with van der Waals surface area (Å²) in [5.74, 6) is -8.27. The highest BCUT2D eigenvalue weighted by Crippen LogP contribution is 2.33. The molecule has 1 aliphatic carbocycles. The molecule has 11 nitrogen and oxygen atoms in total. The lowest BCUT2D eigenvalue weighted by molar-refractivity contribution is -0.193. The van der Waals surface area contributed by atoms with Crippen LogP contribution in [-0.4, -0.2) is 98.0 Å². The lowest BCUT2D eigenvalue weighted by Crippen LogP contribution is -2.51. The third-order valence-electron chi connectivity index (χ3n) is 5.68. The van der Waals surface area contributed by atoms with E-state index in [-0.39, 0.29) is 12.2 Å².